The largest absolute Gasteiger partial charge is 0.493 e. The molecule has 0 saturated carbocycles. The molecule has 1 N–H and O–H groups in total. The summed E-state index contributed by atoms with van der Waals surface area (Å²) in [7, 11) is -2.74. The van der Waals surface area contributed by atoms with Crippen molar-refractivity contribution < 1.29 is 27.1 Å². The van der Waals surface area contributed by atoms with Crippen molar-refractivity contribution in [2.24, 2.45) is 5.10 Å². The molecule has 8 nitrogen and oxygen atoms in total. The van der Waals surface area contributed by atoms with Gasteiger partial charge in [-0.2, -0.15) is 5.10 Å². The first kappa shape index (κ1) is 29.8. The van der Waals surface area contributed by atoms with Crippen molar-refractivity contribution in [2.75, 3.05) is 18.0 Å². The lowest BCUT2D eigenvalue weighted by molar-refractivity contribution is -0.119. The SMILES string of the molecule is COc1cc(/C=N\NC(=O)CN(c2ccccc2F)S(=O)(=O)c2ccccc2)cc(Br)c1OCc1ccc(C)cc1. The number of nitrogens with zero attached hydrogens (tertiary/aromatic N) is 2. The molecule has 0 saturated heterocycles. The van der Waals surface area contributed by atoms with Crippen LogP contribution in [0.4, 0.5) is 10.1 Å². The van der Waals surface area contributed by atoms with Crippen LogP contribution in [0.2, 0.25) is 0 Å². The van der Waals surface area contributed by atoms with E-state index in [0.29, 0.717) is 32.4 Å². The summed E-state index contributed by atoms with van der Waals surface area (Å²) < 4.78 is 54.0. The summed E-state index contributed by atoms with van der Waals surface area (Å²) in [5, 5.41) is 3.96. The van der Waals surface area contributed by atoms with E-state index in [9.17, 15) is 17.6 Å². The van der Waals surface area contributed by atoms with E-state index >= 15 is 0 Å². The number of ether oxygens (including phenoxy) is 2. The average Bonchev–Trinajstić information content (AvgIpc) is 2.97. The van der Waals surface area contributed by atoms with Crippen LogP contribution in [-0.2, 0) is 21.4 Å². The minimum atomic E-state index is -4.25. The Bertz CT molecular complexity index is 1650. The molecule has 0 atom stereocenters. The molecule has 41 heavy (non-hydrogen) atoms. The molecule has 11 heteroatoms. The van der Waals surface area contributed by atoms with Crippen LogP contribution in [0.1, 0.15) is 16.7 Å². The Kier molecular flexibility index (Phi) is 9.74. The second-order valence-electron chi connectivity index (χ2n) is 8.88. The fraction of sp³-hybridized carbons (Fsp3) is 0.133. The van der Waals surface area contributed by atoms with Crippen molar-refractivity contribution in [1.29, 1.82) is 0 Å². The lowest BCUT2D eigenvalue weighted by Crippen LogP contribution is -2.40. The fourth-order valence-electron chi connectivity index (χ4n) is 3.81. The number of hydrazone groups is 1. The van der Waals surface area contributed by atoms with Crippen LogP contribution in [0.3, 0.4) is 0 Å². The summed E-state index contributed by atoms with van der Waals surface area (Å²) in [4.78, 5) is 12.7. The van der Waals surface area contributed by atoms with Gasteiger partial charge in [-0.1, -0.05) is 60.2 Å². The summed E-state index contributed by atoms with van der Waals surface area (Å²) in [5.74, 6) is -0.613. The highest BCUT2D eigenvalue weighted by molar-refractivity contribution is 9.10. The number of hydrogen-bond donors (Lipinski definition) is 1. The van der Waals surface area contributed by atoms with Crippen molar-refractivity contribution in [3.63, 3.8) is 0 Å². The molecule has 0 unspecified atom stereocenters. The van der Waals surface area contributed by atoms with Gasteiger partial charge in [0.1, 0.15) is 19.0 Å². The zero-order valence-electron chi connectivity index (χ0n) is 22.3. The molecule has 0 bridgehead atoms. The Morgan fingerprint density at radius 3 is 2.39 bits per heavy atom. The second kappa shape index (κ2) is 13.4. The first-order valence-electron chi connectivity index (χ1n) is 12.4. The first-order chi connectivity index (χ1) is 19.7. The number of halogens is 2. The standard InChI is InChI=1S/C30H27BrFN3O5S/c1-21-12-14-22(15-13-21)20-40-30-25(31)16-23(17-28(30)39-2)18-33-34-29(36)19-35(27-11-7-6-10-26(27)32)41(37,38)24-8-4-3-5-9-24/h3-18H,19-20H2,1-2H3,(H,34,36)/b33-18-. The van der Waals surface area contributed by atoms with E-state index in [2.05, 4.69) is 26.5 Å². The molecular weight excluding hydrogens is 613 g/mol. The van der Waals surface area contributed by atoms with E-state index in [4.69, 9.17) is 9.47 Å². The normalized spacial score (nSPS) is 11.3. The van der Waals surface area contributed by atoms with Gasteiger partial charge in [0.05, 0.1) is 28.4 Å². The van der Waals surface area contributed by atoms with Crippen LogP contribution in [0.15, 0.2) is 105 Å². The number of sulfonamides is 1. The Morgan fingerprint density at radius 1 is 1.02 bits per heavy atom. The molecule has 4 aromatic rings. The molecule has 0 radical (unpaired) electrons. The van der Waals surface area contributed by atoms with Gasteiger partial charge in [0.2, 0.25) is 0 Å². The van der Waals surface area contributed by atoms with Gasteiger partial charge in [-0.15, -0.1) is 0 Å². The number of methoxy groups -OCH3 is 1. The Hall–Kier alpha value is -4.22. The molecule has 0 aliphatic rings. The maximum absolute atomic E-state index is 14.6. The summed E-state index contributed by atoms with van der Waals surface area (Å²) in [6, 6.07) is 24.2. The van der Waals surface area contributed by atoms with Crippen LogP contribution in [0.25, 0.3) is 0 Å². The van der Waals surface area contributed by atoms with Crippen molar-refractivity contribution in [1.82, 2.24) is 5.43 Å². The predicted molar refractivity (Wildman–Crippen MR) is 159 cm³/mol. The summed E-state index contributed by atoms with van der Waals surface area (Å²) >= 11 is 3.49. The van der Waals surface area contributed by atoms with E-state index < -0.39 is 28.3 Å². The third kappa shape index (κ3) is 7.50. The highest BCUT2D eigenvalue weighted by atomic mass is 79.9. The summed E-state index contributed by atoms with van der Waals surface area (Å²) in [6.45, 7) is 1.65. The van der Waals surface area contributed by atoms with Crippen molar-refractivity contribution in [2.45, 2.75) is 18.4 Å². The van der Waals surface area contributed by atoms with Gasteiger partial charge < -0.3 is 9.47 Å². The highest BCUT2D eigenvalue weighted by Crippen LogP contribution is 2.37. The fourth-order valence-corrected chi connectivity index (χ4v) is 5.84. The maximum atomic E-state index is 14.6. The lowest BCUT2D eigenvalue weighted by atomic mass is 10.2. The number of anilines is 1. The van der Waals surface area contributed by atoms with Gasteiger partial charge in [0.25, 0.3) is 15.9 Å². The summed E-state index contributed by atoms with van der Waals surface area (Å²) in [5.41, 5.74) is 4.77. The maximum Gasteiger partial charge on any atom is 0.264 e. The molecule has 0 aromatic heterocycles. The van der Waals surface area contributed by atoms with Crippen LogP contribution in [0, 0.1) is 12.7 Å². The molecule has 0 fully saturated rings. The molecule has 0 heterocycles. The zero-order valence-corrected chi connectivity index (χ0v) is 24.7. The van der Waals surface area contributed by atoms with Crippen molar-refractivity contribution in [3.05, 3.63) is 118 Å². The third-order valence-electron chi connectivity index (χ3n) is 5.90. The number of rotatable bonds is 11. The summed E-state index contributed by atoms with van der Waals surface area (Å²) in [6.07, 6.45) is 1.37. The van der Waals surface area contributed by atoms with Gasteiger partial charge in [-0.3, -0.25) is 9.10 Å². The molecule has 0 aliphatic heterocycles. The highest BCUT2D eigenvalue weighted by Gasteiger charge is 2.29. The van der Waals surface area contributed by atoms with Crippen LogP contribution in [0.5, 0.6) is 11.5 Å². The van der Waals surface area contributed by atoms with E-state index in [-0.39, 0.29) is 10.6 Å². The van der Waals surface area contributed by atoms with Crippen LogP contribution in [-0.4, -0.2) is 34.2 Å². The number of amides is 1. The minimum absolute atomic E-state index is 0.0822. The van der Waals surface area contributed by atoms with Gasteiger partial charge in [-0.05, 0) is 70.4 Å². The monoisotopic (exact) mass is 639 g/mol. The number of para-hydroxylation sites is 1. The number of nitrogens with one attached hydrogen (secondary N) is 1. The third-order valence-corrected chi connectivity index (χ3v) is 8.26. The zero-order chi connectivity index (χ0) is 29.4. The van der Waals surface area contributed by atoms with Gasteiger partial charge in [0.15, 0.2) is 11.5 Å². The van der Waals surface area contributed by atoms with Crippen LogP contribution < -0.4 is 19.2 Å². The van der Waals surface area contributed by atoms with Crippen LogP contribution >= 0.6 is 15.9 Å². The van der Waals surface area contributed by atoms with Gasteiger partial charge >= 0.3 is 0 Å². The average molecular weight is 641 g/mol. The molecule has 0 spiro atoms. The number of hydrogen-bond acceptors (Lipinski definition) is 6. The predicted octanol–water partition coefficient (Wildman–Crippen LogP) is 5.83. The Morgan fingerprint density at radius 2 is 1.71 bits per heavy atom. The number of carbonyl (C=O) groups excluding carboxylic acids is 1. The topological polar surface area (TPSA) is 97.3 Å². The second-order valence-corrected chi connectivity index (χ2v) is 11.6. The number of carbonyl (C=O) groups is 1. The first-order valence-corrected chi connectivity index (χ1v) is 14.6. The molecule has 0 aliphatic carbocycles. The Labute approximate surface area is 246 Å². The minimum Gasteiger partial charge on any atom is -0.493 e. The van der Waals surface area contributed by atoms with Crippen molar-refractivity contribution in [3.8, 4) is 11.5 Å². The molecule has 4 rings (SSSR count). The molecular formula is C30H27BrFN3O5S. The van der Waals surface area contributed by atoms with Crippen molar-refractivity contribution >= 4 is 43.8 Å². The molecule has 4 aromatic carbocycles. The van der Waals surface area contributed by atoms with E-state index in [0.717, 1.165) is 17.2 Å². The number of benzene rings is 4. The van der Waals surface area contributed by atoms with Gasteiger partial charge in [-0.25, -0.2) is 18.2 Å². The quantitative estimate of drug-likeness (QED) is 0.165. The lowest BCUT2D eigenvalue weighted by Gasteiger charge is -2.24. The van der Waals surface area contributed by atoms with E-state index in [1.54, 1.807) is 30.3 Å². The molecule has 1 amide bonds. The van der Waals surface area contributed by atoms with E-state index in [1.807, 2.05) is 31.2 Å². The Balaban J connectivity index is 1.48. The van der Waals surface area contributed by atoms with Gasteiger partial charge in [0, 0.05) is 0 Å². The number of aryl methyl sites for hydroxylation is 1. The van der Waals surface area contributed by atoms with E-state index in [1.165, 1.54) is 43.7 Å². The molecule has 212 valence electrons. The smallest absolute Gasteiger partial charge is 0.264 e.